The highest BCUT2D eigenvalue weighted by atomic mass is 16.1. The number of anilines is 2. The van der Waals surface area contributed by atoms with E-state index in [1.165, 1.54) is 0 Å². The lowest BCUT2D eigenvalue weighted by atomic mass is 9.82. The molecule has 0 heterocycles. The Balaban J connectivity index is 2.84. The zero-order valence-electron chi connectivity index (χ0n) is 11.6. The minimum atomic E-state index is -0.444. The van der Waals surface area contributed by atoms with Gasteiger partial charge in [0.15, 0.2) is 0 Å². The second-order valence-electron chi connectivity index (χ2n) is 5.82. The van der Waals surface area contributed by atoms with E-state index in [9.17, 15) is 4.79 Å². The number of nitrogens with two attached hydrogens (primary N) is 2. The molecular formula is C14H23N3O. The van der Waals surface area contributed by atoms with Crippen LogP contribution in [0.1, 0.15) is 38.1 Å². The molecule has 0 aromatic heterocycles. The second-order valence-corrected chi connectivity index (χ2v) is 5.82. The summed E-state index contributed by atoms with van der Waals surface area (Å²) < 4.78 is 0. The molecule has 4 nitrogen and oxygen atoms in total. The summed E-state index contributed by atoms with van der Waals surface area (Å²) >= 11 is 0. The van der Waals surface area contributed by atoms with Crippen molar-refractivity contribution in [2.24, 2.45) is 17.1 Å². The molecule has 18 heavy (non-hydrogen) atoms. The van der Waals surface area contributed by atoms with Crippen molar-refractivity contribution in [1.82, 2.24) is 0 Å². The van der Waals surface area contributed by atoms with Crippen LogP contribution in [0.3, 0.4) is 0 Å². The third kappa shape index (κ3) is 3.65. The average molecular weight is 249 g/mol. The van der Waals surface area contributed by atoms with Gasteiger partial charge in [-0.15, -0.1) is 0 Å². The largest absolute Gasteiger partial charge is 0.399 e. The van der Waals surface area contributed by atoms with Gasteiger partial charge < -0.3 is 16.8 Å². The zero-order valence-corrected chi connectivity index (χ0v) is 11.6. The Labute approximate surface area is 109 Å². The molecule has 1 amide bonds. The van der Waals surface area contributed by atoms with Gasteiger partial charge in [0.1, 0.15) is 0 Å². The van der Waals surface area contributed by atoms with Crippen molar-refractivity contribution in [1.29, 1.82) is 0 Å². The van der Waals surface area contributed by atoms with Crippen LogP contribution < -0.4 is 16.8 Å². The van der Waals surface area contributed by atoms with Crippen LogP contribution in [0.25, 0.3) is 0 Å². The Kier molecular flexibility index (Phi) is 4.22. The molecule has 0 bridgehead atoms. The molecule has 1 atom stereocenters. The van der Waals surface area contributed by atoms with Crippen LogP contribution in [-0.4, -0.2) is 12.5 Å². The number of nitrogens with one attached hydrogen (secondary N) is 1. The van der Waals surface area contributed by atoms with Crippen molar-refractivity contribution in [3.63, 3.8) is 0 Å². The van der Waals surface area contributed by atoms with Gasteiger partial charge in [-0.05, 0) is 29.5 Å². The van der Waals surface area contributed by atoms with Crippen molar-refractivity contribution in [2.45, 2.75) is 27.7 Å². The first kappa shape index (κ1) is 14.4. The van der Waals surface area contributed by atoms with Crippen LogP contribution in [0.5, 0.6) is 0 Å². The maximum atomic E-state index is 11.3. The fourth-order valence-corrected chi connectivity index (χ4v) is 1.49. The van der Waals surface area contributed by atoms with Gasteiger partial charge in [0.25, 0.3) is 5.91 Å². The molecule has 1 aromatic rings. The number of hydrogen-bond donors (Lipinski definition) is 3. The Morgan fingerprint density at radius 1 is 1.39 bits per heavy atom. The van der Waals surface area contributed by atoms with Gasteiger partial charge in [-0.3, -0.25) is 4.79 Å². The number of benzene rings is 1. The van der Waals surface area contributed by atoms with Gasteiger partial charge in [-0.25, -0.2) is 0 Å². The Bertz CT molecular complexity index is 435. The van der Waals surface area contributed by atoms with Crippen molar-refractivity contribution >= 4 is 17.3 Å². The SMILES string of the molecule is CC(CNc1cc(N)ccc1C(N)=O)C(C)(C)C. The second kappa shape index (κ2) is 5.29. The predicted octanol–water partition coefficient (Wildman–Crippen LogP) is 2.46. The molecule has 0 radical (unpaired) electrons. The normalized spacial score (nSPS) is 13.1. The van der Waals surface area contributed by atoms with Crippen molar-refractivity contribution < 1.29 is 4.79 Å². The summed E-state index contributed by atoms with van der Waals surface area (Å²) in [5, 5.41) is 3.26. The van der Waals surface area contributed by atoms with E-state index in [1.54, 1.807) is 18.2 Å². The van der Waals surface area contributed by atoms with Gasteiger partial charge in [-0.2, -0.15) is 0 Å². The van der Waals surface area contributed by atoms with Crippen molar-refractivity contribution in [3.05, 3.63) is 23.8 Å². The predicted molar refractivity (Wildman–Crippen MR) is 76.5 cm³/mol. The molecule has 0 fully saturated rings. The monoisotopic (exact) mass is 249 g/mol. The molecule has 1 unspecified atom stereocenters. The molecule has 5 N–H and O–H groups in total. The third-order valence-electron chi connectivity index (χ3n) is 3.39. The lowest BCUT2D eigenvalue weighted by Crippen LogP contribution is -2.25. The molecule has 0 saturated heterocycles. The Hall–Kier alpha value is -1.71. The van der Waals surface area contributed by atoms with Gasteiger partial charge in [0, 0.05) is 17.9 Å². The summed E-state index contributed by atoms with van der Waals surface area (Å²) in [6, 6.07) is 5.08. The Morgan fingerprint density at radius 2 is 2.00 bits per heavy atom. The topological polar surface area (TPSA) is 81.1 Å². The summed E-state index contributed by atoms with van der Waals surface area (Å²) in [5.74, 6) is 0.0144. The number of rotatable bonds is 4. The quantitative estimate of drug-likeness (QED) is 0.717. The van der Waals surface area contributed by atoms with Crippen LogP contribution in [-0.2, 0) is 0 Å². The maximum Gasteiger partial charge on any atom is 0.250 e. The van der Waals surface area contributed by atoms with Crippen molar-refractivity contribution in [2.75, 3.05) is 17.6 Å². The molecule has 1 rings (SSSR count). The van der Waals surface area contributed by atoms with Crippen molar-refractivity contribution in [3.8, 4) is 0 Å². The van der Waals surface area contributed by atoms with E-state index in [0.29, 0.717) is 22.9 Å². The summed E-state index contributed by atoms with van der Waals surface area (Å²) in [6.07, 6.45) is 0. The molecule has 100 valence electrons. The van der Waals surface area contributed by atoms with Gasteiger partial charge in [-0.1, -0.05) is 27.7 Å². The molecule has 4 heteroatoms. The summed E-state index contributed by atoms with van der Waals surface area (Å²) in [5.41, 5.74) is 13.1. The minimum absolute atomic E-state index is 0.209. The first-order valence-corrected chi connectivity index (χ1v) is 6.15. The smallest absolute Gasteiger partial charge is 0.250 e. The molecule has 0 aliphatic carbocycles. The van der Waals surface area contributed by atoms with Crippen LogP contribution >= 0.6 is 0 Å². The lowest BCUT2D eigenvalue weighted by molar-refractivity contribution is 0.100. The van der Waals surface area contributed by atoms with E-state index in [-0.39, 0.29) is 5.41 Å². The van der Waals surface area contributed by atoms with Gasteiger partial charge in [0.2, 0.25) is 0 Å². The number of nitrogen functional groups attached to an aromatic ring is 1. The van der Waals surface area contributed by atoms with E-state index in [0.717, 1.165) is 6.54 Å². The number of carbonyl (C=O) groups is 1. The van der Waals surface area contributed by atoms with E-state index >= 15 is 0 Å². The number of amides is 1. The van der Waals surface area contributed by atoms with Crippen LogP contribution in [0.2, 0.25) is 0 Å². The van der Waals surface area contributed by atoms with E-state index < -0.39 is 5.91 Å². The molecule has 1 aromatic carbocycles. The number of carbonyl (C=O) groups excluding carboxylic acids is 1. The fourth-order valence-electron chi connectivity index (χ4n) is 1.49. The highest BCUT2D eigenvalue weighted by Crippen LogP contribution is 2.26. The van der Waals surface area contributed by atoms with Crippen LogP contribution in [0.4, 0.5) is 11.4 Å². The molecule has 0 spiro atoms. The van der Waals surface area contributed by atoms with Crippen LogP contribution in [0.15, 0.2) is 18.2 Å². The van der Waals surface area contributed by atoms with E-state index in [1.807, 2.05) is 0 Å². The zero-order chi connectivity index (χ0) is 13.9. The highest BCUT2D eigenvalue weighted by Gasteiger charge is 2.20. The average Bonchev–Trinajstić information content (AvgIpc) is 2.24. The first-order valence-electron chi connectivity index (χ1n) is 6.15. The minimum Gasteiger partial charge on any atom is -0.399 e. The third-order valence-corrected chi connectivity index (χ3v) is 3.39. The molecular weight excluding hydrogens is 226 g/mol. The molecule has 0 saturated carbocycles. The summed E-state index contributed by atoms with van der Waals surface area (Å²) in [6.45, 7) is 9.51. The lowest BCUT2D eigenvalue weighted by Gasteiger charge is -2.28. The number of hydrogen-bond acceptors (Lipinski definition) is 3. The fraction of sp³-hybridized carbons (Fsp3) is 0.500. The summed E-state index contributed by atoms with van der Waals surface area (Å²) in [7, 11) is 0. The summed E-state index contributed by atoms with van der Waals surface area (Å²) in [4.78, 5) is 11.3. The maximum absolute atomic E-state index is 11.3. The number of primary amides is 1. The van der Waals surface area contributed by atoms with E-state index in [2.05, 4.69) is 33.0 Å². The molecule has 0 aliphatic heterocycles. The van der Waals surface area contributed by atoms with Gasteiger partial charge >= 0.3 is 0 Å². The Morgan fingerprint density at radius 3 is 2.50 bits per heavy atom. The van der Waals surface area contributed by atoms with Gasteiger partial charge in [0.05, 0.1) is 5.56 Å². The molecule has 0 aliphatic rings. The van der Waals surface area contributed by atoms with Crippen LogP contribution in [0, 0.1) is 11.3 Å². The first-order chi connectivity index (χ1) is 8.21. The van der Waals surface area contributed by atoms with E-state index in [4.69, 9.17) is 11.5 Å². The highest BCUT2D eigenvalue weighted by molar-refractivity contribution is 5.99. The standard InChI is InChI=1S/C14H23N3O/c1-9(14(2,3)4)8-17-12-7-10(15)5-6-11(12)13(16)18/h5-7,9,17H,8,15H2,1-4H3,(H2,16,18).